The summed E-state index contributed by atoms with van der Waals surface area (Å²) in [7, 11) is 0. The Morgan fingerprint density at radius 1 is 1.11 bits per heavy atom. The predicted octanol–water partition coefficient (Wildman–Crippen LogP) is 7.61. The topological polar surface area (TPSA) is 76.4 Å². The molecule has 2 N–H and O–H groups in total. The highest BCUT2D eigenvalue weighted by molar-refractivity contribution is 5.82. The fraction of sp³-hybridized carbons (Fsp3) is 0.481. The molecule has 200 valence electrons. The van der Waals surface area contributed by atoms with Gasteiger partial charge in [0.25, 0.3) is 0 Å². The second-order valence-corrected chi connectivity index (χ2v) is 11.4. The smallest absolute Gasteiger partial charge is 0.481 e. The average molecular weight is 522 g/mol. The Hall–Kier alpha value is -3.30. The van der Waals surface area contributed by atoms with E-state index in [-0.39, 0.29) is 46.5 Å². The largest absolute Gasteiger partial charge is 0.573 e. The molecule has 0 radical (unpaired) electrons. The van der Waals surface area contributed by atoms with Gasteiger partial charge in [-0.2, -0.15) is 0 Å². The lowest BCUT2D eigenvalue weighted by atomic mass is 9.63. The number of carbonyl (C=O) groups is 1. The molecule has 2 aromatic carbocycles. The number of anilines is 2. The monoisotopic (exact) mass is 521 g/mol. The molecule has 0 spiro atoms. The molecular formula is C27H31F4N3O3. The number of aryl methyl sites for hydroxylation is 1. The quantitative estimate of drug-likeness (QED) is 0.313. The van der Waals surface area contributed by atoms with Crippen LogP contribution in [0.3, 0.4) is 0 Å². The van der Waals surface area contributed by atoms with E-state index >= 15 is 4.39 Å². The molecule has 1 aliphatic rings. The van der Waals surface area contributed by atoms with E-state index < -0.39 is 18.1 Å². The summed E-state index contributed by atoms with van der Waals surface area (Å²) in [5, 5.41) is 12.2. The number of halogens is 4. The van der Waals surface area contributed by atoms with E-state index in [2.05, 4.69) is 42.7 Å². The first-order valence-corrected chi connectivity index (χ1v) is 12.2. The number of fused-ring (bicyclic) bond motifs is 1. The molecule has 10 heteroatoms. The maximum Gasteiger partial charge on any atom is 0.573 e. The zero-order valence-electron chi connectivity index (χ0n) is 21.2. The average Bonchev–Trinajstić information content (AvgIpc) is 3.10. The van der Waals surface area contributed by atoms with Gasteiger partial charge < -0.3 is 19.7 Å². The molecule has 1 fully saturated rings. The first-order valence-electron chi connectivity index (χ1n) is 12.2. The van der Waals surface area contributed by atoms with Crippen LogP contribution in [0, 0.1) is 16.6 Å². The van der Waals surface area contributed by atoms with Crippen LogP contribution in [0.2, 0.25) is 0 Å². The van der Waals surface area contributed by atoms with Crippen LogP contribution in [0.5, 0.6) is 5.75 Å². The van der Waals surface area contributed by atoms with Gasteiger partial charge in [-0.05, 0) is 72.4 Å². The molecule has 0 unspecified atom stereocenters. The zero-order valence-corrected chi connectivity index (χ0v) is 21.2. The van der Waals surface area contributed by atoms with Crippen molar-refractivity contribution < 1.29 is 32.2 Å². The minimum atomic E-state index is -4.79. The summed E-state index contributed by atoms with van der Waals surface area (Å²) in [4.78, 5) is 15.6. The number of nitrogens with one attached hydrogen (secondary N) is 1. The number of rotatable bonds is 7. The van der Waals surface area contributed by atoms with Crippen molar-refractivity contribution in [3.8, 4) is 5.75 Å². The normalized spacial score (nSPS) is 17.6. The van der Waals surface area contributed by atoms with Gasteiger partial charge in [-0.25, -0.2) is 9.37 Å². The molecule has 1 aliphatic carbocycles. The van der Waals surface area contributed by atoms with Crippen LogP contribution in [0.1, 0.15) is 65.0 Å². The molecule has 0 amide bonds. The van der Waals surface area contributed by atoms with Crippen LogP contribution in [-0.4, -0.2) is 27.0 Å². The third-order valence-corrected chi connectivity index (χ3v) is 6.73. The van der Waals surface area contributed by atoms with Crippen LogP contribution >= 0.6 is 0 Å². The number of imidazole rings is 1. The third kappa shape index (κ3) is 6.34. The number of ether oxygens (including phenoxy) is 1. The molecule has 4 rings (SSSR count). The molecule has 1 saturated carbocycles. The summed E-state index contributed by atoms with van der Waals surface area (Å²) >= 11 is 0. The first kappa shape index (κ1) is 26.8. The molecule has 0 aliphatic heterocycles. The van der Waals surface area contributed by atoms with Crippen molar-refractivity contribution in [1.29, 1.82) is 0 Å². The lowest BCUT2D eigenvalue weighted by Crippen LogP contribution is -2.35. The van der Waals surface area contributed by atoms with Crippen molar-refractivity contribution >= 4 is 28.6 Å². The minimum Gasteiger partial charge on any atom is -0.481 e. The van der Waals surface area contributed by atoms with E-state index in [1.807, 2.05) is 4.57 Å². The standard InChI is InChI=1S/C27H31F4N3O3/c1-25(2)13-18(14-26(3,4)15-25)34-20-11-5-16(6-12-21(35)36)22(28)23(20)33-24(34)32-17-7-9-19(10-8-17)37-27(29,30)31/h5,7-11,18H,6,12-15H2,1-4H3,(H,32,33)(H,35,36). The van der Waals surface area contributed by atoms with Gasteiger partial charge in [0.15, 0.2) is 5.82 Å². The molecule has 0 saturated heterocycles. The fourth-order valence-corrected chi connectivity index (χ4v) is 5.90. The SMILES string of the molecule is CC1(C)CC(n2c(Nc3ccc(OC(F)(F)F)cc3)nc3c(F)c(CCC(=O)O)ccc32)CC(C)(C)C1. The predicted molar refractivity (Wildman–Crippen MR) is 133 cm³/mol. The Balaban J connectivity index is 1.77. The number of alkyl halides is 3. The third-order valence-electron chi connectivity index (χ3n) is 6.73. The Morgan fingerprint density at radius 3 is 2.30 bits per heavy atom. The van der Waals surface area contributed by atoms with E-state index in [4.69, 9.17) is 5.11 Å². The van der Waals surface area contributed by atoms with Crippen molar-refractivity contribution in [2.75, 3.05) is 5.32 Å². The Kier molecular flexibility index (Phi) is 6.90. The summed E-state index contributed by atoms with van der Waals surface area (Å²) in [5.41, 5.74) is 1.49. The van der Waals surface area contributed by atoms with Crippen LogP contribution in [0.4, 0.5) is 29.2 Å². The van der Waals surface area contributed by atoms with Crippen molar-refractivity contribution in [2.24, 2.45) is 10.8 Å². The zero-order chi connectivity index (χ0) is 27.2. The van der Waals surface area contributed by atoms with Crippen LogP contribution in [0.15, 0.2) is 36.4 Å². The molecule has 3 aromatic rings. The molecule has 37 heavy (non-hydrogen) atoms. The molecule has 6 nitrogen and oxygen atoms in total. The minimum absolute atomic E-state index is 0.0108. The number of benzene rings is 2. The number of carboxylic acids is 1. The van der Waals surface area contributed by atoms with Crippen molar-refractivity contribution in [1.82, 2.24) is 9.55 Å². The highest BCUT2D eigenvalue weighted by Gasteiger charge is 2.40. The van der Waals surface area contributed by atoms with Gasteiger partial charge in [0, 0.05) is 18.2 Å². The lowest BCUT2D eigenvalue weighted by molar-refractivity contribution is -0.274. The molecule has 1 aromatic heterocycles. The number of aromatic nitrogens is 2. The van der Waals surface area contributed by atoms with Gasteiger partial charge in [0.05, 0.1) is 5.52 Å². The van der Waals surface area contributed by atoms with E-state index in [9.17, 15) is 18.0 Å². The summed E-state index contributed by atoms with van der Waals surface area (Å²) in [6.07, 6.45) is -2.27. The van der Waals surface area contributed by atoms with Crippen molar-refractivity contribution in [3.63, 3.8) is 0 Å². The second-order valence-electron chi connectivity index (χ2n) is 11.4. The van der Waals surface area contributed by atoms with Gasteiger partial charge in [-0.1, -0.05) is 33.8 Å². The van der Waals surface area contributed by atoms with Crippen LogP contribution in [0.25, 0.3) is 11.0 Å². The molecular weight excluding hydrogens is 490 g/mol. The summed E-state index contributed by atoms with van der Waals surface area (Å²) in [5.74, 6) is -1.57. The van der Waals surface area contributed by atoms with E-state index in [0.29, 0.717) is 17.2 Å². The van der Waals surface area contributed by atoms with Crippen molar-refractivity contribution in [2.45, 2.75) is 72.2 Å². The number of hydrogen-bond acceptors (Lipinski definition) is 4. The lowest BCUT2D eigenvalue weighted by Gasteiger charge is -2.45. The Morgan fingerprint density at radius 2 is 1.73 bits per heavy atom. The summed E-state index contributed by atoms with van der Waals surface area (Å²) < 4.78 is 59.1. The van der Waals surface area contributed by atoms with Crippen LogP contribution < -0.4 is 10.1 Å². The van der Waals surface area contributed by atoms with Gasteiger partial charge in [0.1, 0.15) is 11.3 Å². The fourth-order valence-electron chi connectivity index (χ4n) is 5.90. The van der Waals surface area contributed by atoms with Gasteiger partial charge in [0.2, 0.25) is 5.95 Å². The Labute approximate surface area is 212 Å². The van der Waals surface area contributed by atoms with Gasteiger partial charge >= 0.3 is 12.3 Å². The van der Waals surface area contributed by atoms with E-state index in [0.717, 1.165) is 19.3 Å². The number of carboxylic acid groups (broad SMARTS) is 1. The molecule has 0 atom stereocenters. The highest BCUT2D eigenvalue weighted by Crippen LogP contribution is 2.51. The first-order chi connectivity index (χ1) is 17.1. The number of hydrogen-bond donors (Lipinski definition) is 2. The van der Waals surface area contributed by atoms with E-state index in [1.54, 1.807) is 12.1 Å². The summed E-state index contributed by atoms with van der Waals surface area (Å²) in [6.45, 7) is 8.82. The van der Waals surface area contributed by atoms with Crippen LogP contribution in [-0.2, 0) is 11.2 Å². The maximum atomic E-state index is 15.5. The second kappa shape index (κ2) is 9.54. The maximum absolute atomic E-state index is 15.5. The summed E-state index contributed by atoms with van der Waals surface area (Å²) in [6, 6.07) is 8.62. The molecule has 0 bridgehead atoms. The number of nitrogens with zero attached hydrogens (tertiary/aromatic N) is 2. The van der Waals surface area contributed by atoms with E-state index in [1.165, 1.54) is 24.3 Å². The molecule has 1 heterocycles. The van der Waals surface area contributed by atoms with Crippen molar-refractivity contribution in [3.05, 3.63) is 47.8 Å². The highest BCUT2D eigenvalue weighted by atomic mass is 19.4. The Bertz CT molecular complexity index is 1280. The van der Waals surface area contributed by atoms with Gasteiger partial charge in [-0.3, -0.25) is 4.79 Å². The van der Waals surface area contributed by atoms with Gasteiger partial charge in [-0.15, -0.1) is 13.2 Å². The number of aliphatic carboxylic acids is 1.